The quantitative estimate of drug-likeness (QED) is 0.145. The smallest absolute Gasteiger partial charge is 0.305 e. The summed E-state index contributed by atoms with van der Waals surface area (Å²) in [6.45, 7) is 8.61. The highest BCUT2D eigenvalue weighted by Crippen LogP contribution is 2.52. The predicted octanol–water partition coefficient (Wildman–Crippen LogP) is 8.33. The Morgan fingerprint density at radius 2 is 1.58 bits per heavy atom. The average Bonchev–Trinajstić information content (AvgIpc) is 3.42. The Hall–Kier alpha value is -5.08. The maximum atomic E-state index is 11.9. The van der Waals surface area contributed by atoms with Gasteiger partial charge in [-0.2, -0.15) is 0 Å². The zero-order chi connectivity index (χ0) is 35.8. The molecule has 2 atom stereocenters. The van der Waals surface area contributed by atoms with Crippen molar-refractivity contribution in [2.24, 2.45) is 0 Å². The lowest BCUT2D eigenvalue weighted by atomic mass is 9.72. The summed E-state index contributed by atoms with van der Waals surface area (Å²) < 4.78 is 0. The lowest BCUT2D eigenvalue weighted by molar-refractivity contribution is -0.137. The third-order valence-electron chi connectivity index (χ3n) is 10.1. The second-order valence-corrected chi connectivity index (χ2v) is 14.4. The number of anilines is 3. The third-order valence-corrected chi connectivity index (χ3v) is 10.4. The number of carboxylic acids is 2. The van der Waals surface area contributed by atoms with Crippen LogP contribution in [0.5, 0.6) is 0 Å². The van der Waals surface area contributed by atoms with E-state index in [0.717, 1.165) is 44.7 Å². The Morgan fingerprint density at radius 1 is 0.880 bits per heavy atom. The van der Waals surface area contributed by atoms with Crippen molar-refractivity contribution in [3.05, 3.63) is 125 Å². The Balaban J connectivity index is 1.47. The summed E-state index contributed by atoms with van der Waals surface area (Å²) in [6, 6.07) is 26.0. The molecular formula is C41H42ClN3O5. The summed E-state index contributed by atoms with van der Waals surface area (Å²) in [5.74, 6) is -1.87. The van der Waals surface area contributed by atoms with Gasteiger partial charge >= 0.3 is 11.9 Å². The first-order valence-corrected chi connectivity index (χ1v) is 17.2. The van der Waals surface area contributed by atoms with Gasteiger partial charge < -0.3 is 25.3 Å². The van der Waals surface area contributed by atoms with Gasteiger partial charge in [0.2, 0.25) is 5.91 Å². The standard InChI is InChI=1S/C41H42ClN3O5/c1-26(46)43-30-16-12-27(13-17-30)25-41(4)36(44(22-20-37(47)48)33-19-14-28-8-5-6-9-31(28)39(33)41)11-7-10-35-40(2,3)32-18-15-29(42)24-34(32)45(35)23-21-38(49)50/h5-19,24,36H,20-23,25H2,1-4H3,(H,43,46)(H,47,48)(H,49,50). The van der Waals surface area contributed by atoms with Crippen molar-refractivity contribution in [1.29, 1.82) is 0 Å². The summed E-state index contributed by atoms with van der Waals surface area (Å²) in [6.07, 6.45) is 6.87. The maximum Gasteiger partial charge on any atom is 0.305 e. The molecule has 6 rings (SSSR count). The minimum atomic E-state index is -0.876. The minimum absolute atomic E-state index is 0.0226. The number of halogens is 1. The largest absolute Gasteiger partial charge is 0.481 e. The second kappa shape index (κ2) is 13.7. The monoisotopic (exact) mass is 691 g/mol. The van der Waals surface area contributed by atoms with Gasteiger partial charge in [-0.25, -0.2) is 0 Å². The number of fused-ring (bicyclic) bond motifs is 4. The van der Waals surface area contributed by atoms with Crippen LogP contribution in [-0.4, -0.2) is 47.2 Å². The normalized spacial score (nSPS) is 20.0. The van der Waals surface area contributed by atoms with E-state index >= 15 is 0 Å². The van der Waals surface area contributed by atoms with E-state index in [4.69, 9.17) is 11.6 Å². The molecule has 4 aromatic carbocycles. The van der Waals surface area contributed by atoms with Crippen molar-refractivity contribution in [2.75, 3.05) is 28.2 Å². The summed E-state index contributed by atoms with van der Waals surface area (Å²) in [5, 5.41) is 25.0. The minimum Gasteiger partial charge on any atom is -0.481 e. The van der Waals surface area contributed by atoms with Crippen molar-refractivity contribution >= 4 is 57.3 Å². The first-order valence-electron chi connectivity index (χ1n) is 16.8. The number of hydrogen-bond acceptors (Lipinski definition) is 5. The fourth-order valence-electron chi connectivity index (χ4n) is 7.92. The molecule has 258 valence electrons. The van der Waals surface area contributed by atoms with Crippen LogP contribution in [0.3, 0.4) is 0 Å². The number of hydrogen-bond donors (Lipinski definition) is 3. The highest BCUT2D eigenvalue weighted by atomic mass is 35.5. The van der Waals surface area contributed by atoms with Crippen LogP contribution < -0.4 is 15.1 Å². The van der Waals surface area contributed by atoms with Crippen LogP contribution >= 0.6 is 11.6 Å². The van der Waals surface area contributed by atoms with Gasteiger partial charge in [-0.1, -0.05) is 93.1 Å². The van der Waals surface area contributed by atoms with Crippen LogP contribution in [0.15, 0.2) is 103 Å². The molecule has 2 aliphatic heterocycles. The highest BCUT2D eigenvalue weighted by molar-refractivity contribution is 6.31. The van der Waals surface area contributed by atoms with Crippen molar-refractivity contribution in [3.8, 4) is 0 Å². The molecule has 0 saturated heterocycles. The molecule has 0 radical (unpaired) electrons. The van der Waals surface area contributed by atoms with E-state index in [2.05, 4.69) is 72.3 Å². The number of nitrogens with zero attached hydrogens (tertiary/aromatic N) is 2. The second-order valence-electron chi connectivity index (χ2n) is 14.0. The summed E-state index contributed by atoms with van der Waals surface area (Å²) in [7, 11) is 0. The van der Waals surface area contributed by atoms with Crippen molar-refractivity contribution in [3.63, 3.8) is 0 Å². The number of carbonyl (C=O) groups is 3. The molecule has 0 aliphatic carbocycles. The van der Waals surface area contributed by atoms with Gasteiger partial charge in [0, 0.05) is 58.6 Å². The molecule has 0 saturated carbocycles. The molecule has 8 nitrogen and oxygen atoms in total. The van der Waals surface area contributed by atoms with E-state index in [9.17, 15) is 24.6 Å². The summed E-state index contributed by atoms with van der Waals surface area (Å²) in [5.41, 5.74) is 6.02. The Kier molecular flexibility index (Phi) is 9.51. The number of amides is 1. The van der Waals surface area contributed by atoms with E-state index in [-0.39, 0.29) is 24.8 Å². The lowest BCUT2D eigenvalue weighted by Crippen LogP contribution is -2.44. The molecular weight excluding hydrogens is 650 g/mol. The molecule has 0 bridgehead atoms. The van der Waals surface area contributed by atoms with Crippen LogP contribution in [-0.2, 0) is 31.6 Å². The average molecular weight is 692 g/mol. The SMILES string of the molecule is CC(=O)Nc1ccc(CC2(C)c3c(ccc4ccccc34)N(CCC(=O)O)C2C=CC=C2N(CCC(=O)O)c3cc(Cl)ccc3C2(C)C)cc1. The molecule has 1 amide bonds. The number of aliphatic carboxylic acids is 2. The molecule has 2 heterocycles. The Morgan fingerprint density at radius 3 is 2.28 bits per heavy atom. The molecule has 0 spiro atoms. The predicted molar refractivity (Wildman–Crippen MR) is 200 cm³/mol. The van der Waals surface area contributed by atoms with Crippen LogP contribution in [0.1, 0.15) is 57.2 Å². The number of allylic oxidation sites excluding steroid dienone is 3. The van der Waals surface area contributed by atoms with Crippen molar-refractivity contribution in [2.45, 2.75) is 63.8 Å². The summed E-state index contributed by atoms with van der Waals surface area (Å²) >= 11 is 6.42. The van der Waals surface area contributed by atoms with Gasteiger partial charge in [-0.05, 0) is 70.3 Å². The molecule has 0 fully saturated rings. The first kappa shape index (κ1) is 34.8. The maximum absolute atomic E-state index is 11.9. The summed E-state index contributed by atoms with van der Waals surface area (Å²) in [4.78, 5) is 39.6. The number of carboxylic acid groups (broad SMARTS) is 2. The lowest BCUT2D eigenvalue weighted by Gasteiger charge is -2.35. The molecule has 50 heavy (non-hydrogen) atoms. The molecule has 2 aliphatic rings. The van der Waals surface area contributed by atoms with E-state index in [1.54, 1.807) is 0 Å². The van der Waals surface area contributed by atoms with Crippen LogP contribution in [0.4, 0.5) is 17.1 Å². The van der Waals surface area contributed by atoms with Crippen molar-refractivity contribution < 1.29 is 24.6 Å². The zero-order valence-corrected chi connectivity index (χ0v) is 29.5. The zero-order valence-electron chi connectivity index (χ0n) is 28.7. The van der Waals surface area contributed by atoms with Gasteiger partial charge in [0.15, 0.2) is 0 Å². The number of benzene rings is 4. The van der Waals surface area contributed by atoms with Crippen LogP contribution in [0, 0.1) is 0 Å². The number of carbonyl (C=O) groups excluding carboxylic acids is 1. The molecule has 0 aromatic heterocycles. The molecule has 3 N–H and O–H groups in total. The highest BCUT2D eigenvalue weighted by Gasteiger charge is 2.47. The molecule has 2 unspecified atom stereocenters. The first-order chi connectivity index (χ1) is 23.8. The molecule has 4 aromatic rings. The van der Waals surface area contributed by atoms with Crippen LogP contribution in [0.2, 0.25) is 5.02 Å². The number of nitrogens with one attached hydrogen (secondary N) is 1. The fourth-order valence-corrected chi connectivity index (χ4v) is 8.09. The molecule has 9 heteroatoms. The topological polar surface area (TPSA) is 110 Å². The van der Waals surface area contributed by atoms with Gasteiger partial charge in [-0.3, -0.25) is 14.4 Å². The Bertz CT molecular complexity index is 2040. The van der Waals surface area contributed by atoms with E-state index in [1.807, 2.05) is 60.7 Å². The van der Waals surface area contributed by atoms with Crippen LogP contribution in [0.25, 0.3) is 10.8 Å². The van der Waals surface area contributed by atoms with Gasteiger partial charge in [0.1, 0.15) is 0 Å². The van der Waals surface area contributed by atoms with E-state index < -0.39 is 22.8 Å². The third kappa shape index (κ3) is 6.60. The Labute approximate surface area is 297 Å². The van der Waals surface area contributed by atoms with Gasteiger partial charge in [0.25, 0.3) is 0 Å². The van der Waals surface area contributed by atoms with E-state index in [1.165, 1.54) is 12.5 Å². The number of rotatable bonds is 11. The fraction of sp³-hybridized carbons (Fsp3) is 0.293. The van der Waals surface area contributed by atoms with Crippen molar-refractivity contribution in [1.82, 2.24) is 0 Å². The van der Waals surface area contributed by atoms with Gasteiger partial charge in [-0.15, -0.1) is 0 Å². The van der Waals surface area contributed by atoms with E-state index in [0.29, 0.717) is 24.5 Å². The van der Waals surface area contributed by atoms with Gasteiger partial charge in [0.05, 0.1) is 18.9 Å².